The van der Waals surface area contributed by atoms with Gasteiger partial charge < -0.3 is 4.90 Å². The Bertz CT molecular complexity index is 497. The molecular weight excluding hydrogens is 211 g/mol. The summed E-state index contributed by atoms with van der Waals surface area (Å²) in [5.41, 5.74) is 0.348. The van der Waals surface area contributed by atoms with Gasteiger partial charge in [-0.3, -0.25) is 4.79 Å². The number of hydrogen-bond donors (Lipinski definition) is 1. The number of para-hydroxylation sites is 1. The van der Waals surface area contributed by atoms with Gasteiger partial charge in [0.25, 0.3) is 5.91 Å². The van der Waals surface area contributed by atoms with E-state index in [0.29, 0.717) is 0 Å². The van der Waals surface area contributed by atoms with Crippen molar-refractivity contribution < 1.29 is 9.18 Å². The highest BCUT2D eigenvalue weighted by atomic mass is 19.1. The second kappa shape index (κ2) is 4.09. The van der Waals surface area contributed by atoms with Crippen molar-refractivity contribution in [3.8, 4) is 0 Å². The first-order chi connectivity index (χ1) is 7.70. The normalized spacial score (nSPS) is 10.1. The standard InChI is InChI=1S/C10H9FN4O/c1-15(9-5-3-2-4-7(9)11)10(16)8-6-12-14-13-8/h2-6H,1H3,(H,12,13,14). The molecule has 16 heavy (non-hydrogen) atoms. The highest BCUT2D eigenvalue weighted by Gasteiger charge is 2.18. The molecule has 1 N–H and O–H groups in total. The van der Waals surface area contributed by atoms with Crippen LogP contribution in [0.5, 0.6) is 0 Å². The predicted molar refractivity (Wildman–Crippen MR) is 55.5 cm³/mol. The molecule has 1 amide bonds. The third-order valence-corrected chi connectivity index (χ3v) is 2.15. The Balaban J connectivity index is 2.30. The Labute approximate surface area is 90.9 Å². The molecule has 0 radical (unpaired) electrons. The first-order valence-corrected chi connectivity index (χ1v) is 4.58. The van der Waals surface area contributed by atoms with Crippen molar-refractivity contribution in [1.29, 1.82) is 0 Å². The second-order valence-corrected chi connectivity index (χ2v) is 3.17. The molecule has 1 aromatic heterocycles. The van der Waals surface area contributed by atoms with Crippen LogP contribution < -0.4 is 4.90 Å². The van der Waals surface area contributed by atoms with E-state index in [-0.39, 0.29) is 11.4 Å². The van der Waals surface area contributed by atoms with Crippen molar-refractivity contribution in [2.75, 3.05) is 11.9 Å². The number of rotatable bonds is 2. The van der Waals surface area contributed by atoms with Gasteiger partial charge in [0, 0.05) is 7.05 Å². The topological polar surface area (TPSA) is 61.9 Å². The van der Waals surface area contributed by atoms with E-state index in [0.717, 1.165) is 0 Å². The first kappa shape index (κ1) is 10.3. The maximum absolute atomic E-state index is 13.4. The van der Waals surface area contributed by atoms with Crippen molar-refractivity contribution in [2.24, 2.45) is 0 Å². The molecule has 0 saturated carbocycles. The summed E-state index contributed by atoms with van der Waals surface area (Å²) >= 11 is 0. The molecule has 0 atom stereocenters. The summed E-state index contributed by atoms with van der Waals surface area (Å²) in [6.07, 6.45) is 1.29. The molecule has 0 aliphatic carbocycles. The lowest BCUT2D eigenvalue weighted by Gasteiger charge is -2.16. The van der Waals surface area contributed by atoms with Gasteiger partial charge in [-0.25, -0.2) is 4.39 Å². The summed E-state index contributed by atoms with van der Waals surface area (Å²) < 4.78 is 13.4. The number of carbonyl (C=O) groups is 1. The minimum absolute atomic E-state index is 0.144. The van der Waals surface area contributed by atoms with Crippen molar-refractivity contribution in [3.05, 3.63) is 42.0 Å². The SMILES string of the molecule is CN(C(=O)c1cn[nH]n1)c1ccccc1F. The van der Waals surface area contributed by atoms with Crippen LogP contribution in [0, 0.1) is 5.82 Å². The largest absolute Gasteiger partial charge is 0.307 e. The van der Waals surface area contributed by atoms with Gasteiger partial charge in [-0.05, 0) is 12.1 Å². The van der Waals surface area contributed by atoms with E-state index in [1.807, 2.05) is 0 Å². The summed E-state index contributed by atoms with van der Waals surface area (Å²) in [6, 6.07) is 6.04. The Kier molecular flexibility index (Phi) is 2.63. The summed E-state index contributed by atoms with van der Waals surface area (Å²) in [4.78, 5) is 13.0. The van der Waals surface area contributed by atoms with E-state index in [2.05, 4.69) is 15.4 Å². The molecule has 2 aromatic rings. The number of aromatic amines is 1. The number of benzene rings is 1. The molecule has 0 unspecified atom stereocenters. The minimum Gasteiger partial charge on any atom is -0.307 e. The predicted octanol–water partition coefficient (Wildman–Crippen LogP) is 1.22. The number of carbonyl (C=O) groups excluding carboxylic acids is 1. The Hall–Kier alpha value is -2.24. The van der Waals surface area contributed by atoms with Gasteiger partial charge in [-0.15, -0.1) is 0 Å². The number of hydrogen-bond acceptors (Lipinski definition) is 3. The van der Waals surface area contributed by atoms with Gasteiger partial charge >= 0.3 is 0 Å². The van der Waals surface area contributed by atoms with Crippen LogP contribution in [0.25, 0.3) is 0 Å². The molecule has 0 aliphatic heterocycles. The number of amides is 1. The zero-order valence-corrected chi connectivity index (χ0v) is 8.51. The second-order valence-electron chi connectivity index (χ2n) is 3.17. The summed E-state index contributed by atoms with van der Waals surface area (Å²) in [5, 5.41) is 9.50. The van der Waals surface area contributed by atoms with E-state index >= 15 is 0 Å². The van der Waals surface area contributed by atoms with E-state index in [9.17, 15) is 9.18 Å². The lowest BCUT2D eigenvalue weighted by atomic mass is 10.2. The zero-order valence-electron chi connectivity index (χ0n) is 8.51. The van der Waals surface area contributed by atoms with Crippen molar-refractivity contribution in [2.45, 2.75) is 0 Å². The quantitative estimate of drug-likeness (QED) is 0.827. The van der Waals surface area contributed by atoms with Crippen LogP contribution >= 0.6 is 0 Å². The van der Waals surface area contributed by atoms with Crippen molar-refractivity contribution in [1.82, 2.24) is 15.4 Å². The van der Waals surface area contributed by atoms with Gasteiger partial charge in [0.15, 0.2) is 5.69 Å². The van der Waals surface area contributed by atoms with E-state index in [4.69, 9.17) is 0 Å². The summed E-state index contributed by atoms with van der Waals surface area (Å²) in [5.74, 6) is -0.874. The molecule has 1 heterocycles. The van der Waals surface area contributed by atoms with Crippen molar-refractivity contribution >= 4 is 11.6 Å². The molecular formula is C10H9FN4O. The van der Waals surface area contributed by atoms with Crippen LogP contribution in [0.2, 0.25) is 0 Å². The number of aromatic nitrogens is 3. The lowest BCUT2D eigenvalue weighted by Crippen LogP contribution is -2.27. The average molecular weight is 220 g/mol. The molecule has 0 fully saturated rings. The molecule has 82 valence electrons. The van der Waals surface area contributed by atoms with Gasteiger partial charge in [-0.1, -0.05) is 12.1 Å². The third-order valence-electron chi connectivity index (χ3n) is 2.15. The molecule has 0 bridgehead atoms. The maximum Gasteiger partial charge on any atom is 0.280 e. The summed E-state index contributed by atoms with van der Waals surface area (Å²) in [6.45, 7) is 0. The van der Waals surface area contributed by atoms with E-state index in [1.54, 1.807) is 12.1 Å². The number of halogens is 1. The number of anilines is 1. The van der Waals surface area contributed by atoms with E-state index in [1.165, 1.54) is 30.3 Å². The highest BCUT2D eigenvalue weighted by molar-refractivity contribution is 6.04. The zero-order chi connectivity index (χ0) is 11.5. The molecule has 5 nitrogen and oxygen atoms in total. The van der Waals surface area contributed by atoms with Crippen LogP contribution in [0.4, 0.5) is 10.1 Å². The fourth-order valence-corrected chi connectivity index (χ4v) is 1.31. The van der Waals surface area contributed by atoms with Crippen LogP contribution in [0.1, 0.15) is 10.5 Å². The molecule has 6 heteroatoms. The minimum atomic E-state index is -0.457. The molecule has 2 rings (SSSR count). The number of H-pyrrole nitrogens is 1. The molecule has 0 saturated heterocycles. The third kappa shape index (κ3) is 1.77. The highest BCUT2D eigenvalue weighted by Crippen LogP contribution is 2.18. The first-order valence-electron chi connectivity index (χ1n) is 4.58. The Morgan fingerprint density at radius 2 is 2.19 bits per heavy atom. The fraction of sp³-hybridized carbons (Fsp3) is 0.100. The Morgan fingerprint density at radius 1 is 1.44 bits per heavy atom. The van der Waals surface area contributed by atoms with Gasteiger partial charge in [0.2, 0.25) is 0 Å². The van der Waals surface area contributed by atoms with Gasteiger partial charge in [-0.2, -0.15) is 15.4 Å². The number of nitrogens with one attached hydrogen (secondary N) is 1. The monoisotopic (exact) mass is 220 g/mol. The molecule has 0 spiro atoms. The smallest absolute Gasteiger partial charge is 0.280 e. The van der Waals surface area contributed by atoms with Crippen LogP contribution in [0.15, 0.2) is 30.5 Å². The van der Waals surface area contributed by atoms with Gasteiger partial charge in [0.05, 0.1) is 11.9 Å². The fourth-order valence-electron chi connectivity index (χ4n) is 1.31. The number of nitrogens with zero attached hydrogens (tertiary/aromatic N) is 3. The molecule has 0 aliphatic rings. The van der Waals surface area contributed by atoms with Crippen LogP contribution in [-0.2, 0) is 0 Å². The van der Waals surface area contributed by atoms with Crippen molar-refractivity contribution in [3.63, 3.8) is 0 Å². The Morgan fingerprint density at radius 3 is 2.81 bits per heavy atom. The van der Waals surface area contributed by atoms with Gasteiger partial charge in [0.1, 0.15) is 5.82 Å². The van der Waals surface area contributed by atoms with Crippen LogP contribution in [0.3, 0.4) is 0 Å². The maximum atomic E-state index is 13.4. The summed E-state index contributed by atoms with van der Waals surface area (Å²) in [7, 11) is 1.48. The molecule has 1 aromatic carbocycles. The van der Waals surface area contributed by atoms with E-state index < -0.39 is 11.7 Å². The van der Waals surface area contributed by atoms with Crippen LogP contribution in [-0.4, -0.2) is 28.4 Å². The lowest BCUT2D eigenvalue weighted by molar-refractivity contribution is 0.0987. The average Bonchev–Trinajstić information content (AvgIpc) is 2.81.